The highest BCUT2D eigenvalue weighted by atomic mass is 19.4. The Morgan fingerprint density at radius 1 is 1.20 bits per heavy atom. The van der Waals surface area contributed by atoms with Gasteiger partial charge in [-0.05, 0) is 37.1 Å². The summed E-state index contributed by atoms with van der Waals surface area (Å²) in [5, 5.41) is 3.92. The Bertz CT molecular complexity index is 584. The molecule has 1 aromatic rings. The van der Waals surface area contributed by atoms with Gasteiger partial charge in [-0.25, -0.2) is 0 Å². The molecule has 6 nitrogen and oxygen atoms in total. The summed E-state index contributed by atoms with van der Waals surface area (Å²) in [6, 6.07) is 6.22. The van der Waals surface area contributed by atoms with Crippen molar-refractivity contribution in [1.29, 1.82) is 0 Å². The van der Waals surface area contributed by atoms with Gasteiger partial charge in [0.05, 0.1) is 12.6 Å². The third kappa shape index (κ3) is 7.00. The number of benzene rings is 1. The molecule has 25 heavy (non-hydrogen) atoms. The minimum atomic E-state index is -4.49. The van der Waals surface area contributed by atoms with Crippen LogP contribution in [0.15, 0.2) is 24.3 Å². The molecular weight excluding hydrogens is 341 g/mol. The molecule has 1 aromatic carbocycles. The molecule has 138 valence electrons. The average Bonchev–Trinajstić information content (AvgIpc) is 3.09. The van der Waals surface area contributed by atoms with Gasteiger partial charge in [-0.2, -0.15) is 13.2 Å². The Hall–Kier alpha value is -2.29. The van der Waals surface area contributed by atoms with Gasteiger partial charge in [-0.3, -0.25) is 9.59 Å². The Morgan fingerprint density at radius 3 is 2.52 bits per heavy atom. The summed E-state index contributed by atoms with van der Waals surface area (Å²) in [5.41, 5.74) is 0.271. The maximum atomic E-state index is 12.0. The molecule has 2 amide bonds. The van der Waals surface area contributed by atoms with Crippen molar-refractivity contribution in [3.05, 3.63) is 29.8 Å². The van der Waals surface area contributed by atoms with E-state index >= 15 is 0 Å². The van der Waals surface area contributed by atoms with Crippen molar-refractivity contribution in [3.8, 4) is 5.75 Å². The zero-order valence-electron chi connectivity index (χ0n) is 13.4. The number of hydrogen-bond donors (Lipinski definition) is 2. The average molecular weight is 360 g/mol. The second-order valence-electron chi connectivity index (χ2n) is 5.54. The molecule has 0 bridgehead atoms. The topological polar surface area (TPSA) is 76.7 Å². The van der Waals surface area contributed by atoms with Gasteiger partial charge in [0.15, 0.2) is 0 Å². The van der Waals surface area contributed by atoms with Crippen LogP contribution in [0.5, 0.6) is 5.75 Å². The van der Waals surface area contributed by atoms with Crippen LogP contribution in [0, 0.1) is 0 Å². The minimum absolute atomic E-state index is 0.0817. The summed E-state index contributed by atoms with van der Waals surface area (Å²) in [4.78, 5) is 23.1. The highest BCUT2D eigenvalue weighted by Gasteiger charge is 2.27. The van der Waals surface area contributed by atoms with Crippen LogP contribution >= 0.6 is 0 Å². The first-order valence-electron chi connectivity index (χ1n) is 7.79. The van der Waals surface area contributed by atoms with E-state index in [9.17, 15) is 22.8 Å². The van der Waals surface area contributed by atoms with Crippen LogP contribution in [0.3, 0.4) is 0 Å². The number of nitrogens with one attached hydrogen (secondary N) is 2. The quantitative estimate of drug-likeness (QED) is 0.775. The molecule has 1 aliphatic heterocycles. The fourth-order valence-electron chi connectivity index (χ4n) is 2.19. The summed E-state index contributed by atoms with van der Waals surface area (Å²) >= 11 is 0. The van der Waals surface area contributed by atoms with Gasteiger partial charge in [0.1, 0.15) is 18.9 Å². The number of ether oxygens (including phenoxy) is 2. The molecule has 1 atom stereocenters. The highest BCUT2D eigenvalue weighted by Crippen LogP contribution is 2.16. The van der Waals surface area contributed by atoms with E-state index in [1.807, 2.05) is 0 Å². The van der Waals surface area contributed by atoms with E-state index in [0.29, 0.717) is 12.4 Å². The third-order valence-electron chi connectivity index (χ3n) is 3.47. The molecule has 1 heterocycles. The predicted octanol–water partition coefficient (Wildman–Crippen LogP) is 1.65. The highest BCUT2D eigenvalue weighted by molar-refractivity contribution is 5.96. The van der Waals surface area contributed by atoms with E-state index in [2.05, 4.69) is 5.32 Å². The van der Waals surface area contributed by atoms with Crippen LogP contribution in [0.1, 0.15) is 23.2 Å². The smallest absolute Gasteiger partial charge is 0.405 e. The number of carbonyl (C=O) groups excluding carboxylic acids is 2. The first-order chi connectivity index (χ1) is 11.8. The second-order valence-corrected chi connectivity index (χ2v) is 5.54. The number of halogens is 3. The lowest BCUT2D eigenvalue weighted by atomic mass is 10.2. The third-order valence-corrected chi connectivity index (χ3v) is 3.47. The molecule has 1 unspecified atom stereocenters. The Kier molecular flexibility index (Phi) is 6.63. The normalized spacial score (nSPS) is 17.2. The van der Waals surface area contributed by atoms with Crippen molar-refractivity contribution in [2.45, 2.75) is 25.1 Å². The largest absolute Gasteiger partial charge is 0.491 e. The molecule has 1 fully saturated rings. The molecule has 0 spiro atoms. The van der Waals surface area contributed by atoms with Gasteiger partial charge in [-0.15, -0.1) is 0 Å². The molecule has 9 heteroatoms. The van der Waals surface area contributed by atoms with Crippen molar-refractivity contribution in [2.24, 2.45) is 0 Å². The van der Waals surface area contributed by atoms with Crippen LogP contribution in [0.4, 0.5) is 13.2 Å². The Morgan fingerprint density at radius 2 is 1.92 bits per heavy atom. The molecule has 0 radical (unpaired) electrons. The van der Waals surface area contributed by atoms with E-state index in [-0.39, 0.29) is 11.7 Å². The number of amides is 2. The van der Waals surface area contributed by atoms with Crippen molar-refractivity contribution >= 4 is 11.8 Å². The molecule has 1 aliphatic rings. The molecule has 0 aliphatic carbocycles. The zero-order valence-corrected chi connectivity index (χ0v) is 13.4. The summed E-state index contributed by atoms with van der Waals surface area (Å²) in [5.74, 6) is -0.898. The van der Waals surface area contributed by atoms with Gasteiger partial charge in [0.2, 0.25) is 5.91 Å². The number of alkyl halides is 3. The van der Waals surface area contributed by atoms with E-state index in [0.717, 1.165) is 19.4 Å². The van der Waals surface area contributed by atoms with Gasteiger partial charge in [0, 0.05) is 12.2 Å². The molecule has 2 N–H and O–H groups in total. The van der Waals surface area contributed by atoms with Gasteiger partial charge < -0.3 is 20.1 Å². The first kappa shape index (κ1) is 19.0. The summed E-state index contributed by atoms with van der Waals surface area (Å²) in [6.45, 7) is -0.792. The first-order valence-corrected chi connectivity index (χ1v) is 7.79. The van der Waals surface area contributed by atoms with Gasteiger partial charge in [-0.1, -0.05) is 0 Å². The second kappa shape index (κ2) is 8.70. The van der Waals surface area contributed by atoms with Crippen molar-refractivity contribution in [3.63, 3.8) is 0 Å². The number of hydrogen-bond acceptors (Lipinski definition) is 4. The summed E-state index contributed by atoms with van der Waals surface area (Å²) < 4.78 is 46.9. The van der Waals surface area contributed by atoms with E-state index in [1.165, 1.54) is 12.1 Å². The predicted molar refractivity (Wildman–Crippen MR) is 82.3 cm³/mol. The van der Waals surface area contributed by atoms with E-state index in [4.69, 9.17) is 9.47 Å². The Balaban J connectivity index is 1.73. The van der Waals surface area contributed by atoms with Crippen LogP contribution in [-0.4, -0.2) is 50.4 Å². The Labute approximate surface area is 142 Å². The lowest BCUT2D eigenvalue weighted by Gasteiger charge is -2.12. The zero-order chi connectivity index (χ0) is 18.3. The maximum Gasteiger partial charge on any atom is 0.405 e. The molecule has 0 aromatic heterocycles. The summed E-state index contributed by atoms with van der Waals surface area (Å²) in [6.07, 6.45) is -2.43. The minimum Gasteiger partial charge on any atom is -0.491 e. The monoisotopic (exact) mass is 360 g/mol. The lowest BCUT2D eigenvalue weighted by molar-refractivity contribution is -0.137. The van der Waals surface area contributed by atoms with Crippen LogP contribution in [0.25, 0.3) is 0 Å². The van der Waals surface area contributed by atoms with Crippen molar-refractivity contribution in [2.75, 3.05) is 26.3 Å². The van der Waals surface area contributed by atoms with Crippen LogP contribution < -0.4 is 15.4 Å². The van der Waals surface area contributed by atoms with Crippen molar-refractivity contribution < 1.29 is 32.2 Å². The number of rotatable bonds is 7. The lowest BCUT2D eigenvalue weighted by Crippen LogP contribution is -2.40. The molecule has 0 saturated carbocycles. The van der Waals surface area contributed by atoms with Crippen LogP contribution in [-0.2, 0) is 9.53 Å². The van der Waals surface area contributed by atoms with Gasteiger partial charge in [0.25, 0.3) is 5.91 Å². The van der Waals surface area contributed by atoms with E-state index < -0.39 is 31.1 Å². The fraction of sp³-hybridized carbons (Fsp3) is 0.500. The molecule has 2 rings (SSSR count). The van der Waals surface area contributed by atoms with Crippen LogP contribution in [0.2, 0.25) is 0 Å². The SMILES string of the molecule is O=C(CNC(=O)c1ccc(OCC2CCCO2)cc1)NCC(F)(F)F. The van der Waals surface area contributed by atoms with Gasteiger partial charge >= 0.3 is 6.18 Å². The number of carbonyl (C=O) groups is 2. The standard InChI is InChI=1S/C16H19F3N2O4/c17-16(18,19)10-21-14(22)8-20-15(23)11-3-5-12(6-4-11)25-9-13-2-1-7-24-13/h3-6,13H,1-2,7-10H2,(H,20,23)(H,21,22). The summed E-state index contributed by atoms with van der Waals surface area (Å²) in [7, 11) is 0. The van der Waals surface area contributed by atoms with Crippen molar-refractivity contribution in [1.82, 2.24) is 10.6 Å². The van der Waals surface area contributed by atoms with E-state index in [1.54, 1.807) is 17.4 Å². The molecule has 1 saturated heterocycles. The fourth-order valence-corrected chi connectivity index (χ4v) is 2.19. The molecular formula is C16H19F3N2O4. The maximum absolute atomic E-state index is 12.0.